The Balaban J connectivity index is 1.43. The predicted molar refractivity (Wildman–Crippen MR) is 124 cm³/mol. The van der Waals surface area contributed by atoms with E-state index in [-0.39, 0.29) is 31.4 Å². The van der Waals surface area contributed by atoms with Gasteiger partial charge in [0.15, 0.2) is 11.5 Å². The van der Waals surface area contributed by atoms with E-state index in [1.807, 2.05) is 30.3 Å². The number of rotatable bonds is 6. The van der Waals surface area contributed by atoms with Gasteiger partial charge in [-0.05, 0) is 17.7 Å². The molecule has 0 saturated carbocycles. The van der Waals surface area contributed by atoms with Gasteiger partial charge < -0.3 is 25.4 Å². The molecule has 3 aromatic rings. The summed E-state index contributed by atoms with van der Waals surface area (Å²) < 4.78 is 11.7. The fraction of sp³-hybridized carbons (Fsp3) is 0.182. The lowest BCUT2D eigenvalue weighted by atomic mass is 10.2. The van der Waals surface area contributed by atoms with Gasteiger partial charge in [0.05, 0.1) is 13.1 Å². The minimum absolute atomic E-state index is 0.0677. The molecule has 1 aromatic heterocycles. The molecule has 0 unspecified atom stereocenters. The monoisotopic (exact) mass is 466 g/mol. The number of amides is 3. The van der Waals surface area contributed by atoms with Crippen LogP contribution in [0.3, 0.4) is 0 Å². The number of carbonyl (C=O) groups excluding carboxylic acids is 2. The first-order chi connectivity index (χ1) is 16.3. The molecule has 0 spiro atoms. The van der Waals surface area contributed by atoms with E-state index in [1.54, 1.807) is 18.2 Å². The number of carbonyl (C=O) groups is 2. The predicted octanol–water partition coefficient (Wildman–Crippen LogP) is 0.680. The molecular formula is C22H22N6O6. The topological polar surface area (TPSA) is 161 Å². The Kier molecular flexibility index (Phi) is 6.21. The summed E-state index contributed by atoms with van der Waals surface area (Å²) >= 11 is 0. The lowest BCUT2D eigenvalue weighted by Crippen LogP contribution is -2.43. The van der Waals surface area contributed by atoms with Gasteiger partial charge in [-0.3, -0.25) is 24.5 Å². The molecule has 2 aromatic carbocycles. The highest BCUT2D eigenvalue weighted by Crippen LogP contribution is 2.34. The summed E-state index contributed by atoms with van der Waals surface area (Å²) in [5.41, 5.74) is 5.84. The third kappa shape index (κ3) is 4.85. The maximum absolute atomic E-state index is 12.4. The van der Waals surface area contributed by atoms with Crippen molar-refractivity contribution in [3.63, 3.8) is 0 Å². The molecule has 5 N–H and O–H groups in total. The van der Waals surface area contributed by atoms with Gasteiger partial charge in [-0.1, -0.05) is 30.3 Å². The quantitative estimate of drug-likeness (QED) is 0.412. The van der Waals surface area contributed by atoms with Crippen molar-refractivity contribution >= 4 is 29.1 Å². The Morgan fingerprint density at radius 2 is 1.85 bits per heavy atom. The zero-order valence-corrected chi connectivity index (χ0v) is 18.2. The van der Waals surface area contributed by atoms with E-state index in [9.17, 15) is 19.2 Å². The Hall–Kier alpha value is -4.74. The molecule has 0 radical (unpaired) electrons. The van der Waals surface area contributed by atoms with Crippen molar-refractivity contribution < 1.29 is 19.1 Å². The number of anilines is 3. The summed E-state index contributed by atoms with van der Waals surface area (Å²) in [6, 6.07) is 13.1. The Bertz CT molecular complexity index is 1350. The normalized spacial score (nSPS) is 11.7. The van der Waals surface area contributed by atoms with Crippen LogP contribution in [0.2, 0.25) is 0 Å². The summed E-state index contributed by atoms with van der Waals surface area (Å²) in [7, 11) is 1.45. The number of hydrogen-bond donors (Lipinski definition) is 4. The van der Waals surface area contributed by atoms with E-state index >= 15 is 0 Å². The van der Waals surface area contributed by atoms with Crippen molar-refractivity contribution in [1.82, 2.24) is 14.9 Å². The number of ether oxygens (including phenoxy) is 2. The van der Waals surface area contributed by atoms with E-state index in [1.165, 1.54) is 16.5 Å². The minimum Gasteiger partial charge on any atom is -0.454 e. The number of likely N-dealkylation sites (N-methyl/N-ethyl adjacent to an activating group) is 1. The second-order valence-electron chi connectivity index (χ2n) is 7.49. The molecule has 0 saturated heterocycles. The largest absolute Gasteiger partial charge is 0.454 e. The van der Waals surface area contributed by atoms with Crippen molar-refractivity contribution in [3.8, 4) is 11.5 Å². The van der Waals surface area contributed by atoms with Crippen LogP contribution in [0.4, 0.5) is 22.0 Å². The van der Waals surface area contributed by atoms with Gasteiger partial charge in [-0.25, -0.2) is 9.59 Å². The highest BCUT2D eigenvalue weighted by Gasteiger charge is 2.20. The van der Waals surface area contributed by atoms with Crippen LogP contribution in [0, 0.1) is 0 Å². The Morgan fingerprint density at radius 1 is 1.12 bits per heavy atom. The summed E-state index contributed by atoms with van der Waals surface area (Å²) in [5.74, 6) is 0.238. The molecule has 1 aliphatic rings. The van der Waals surface area contributed by atoms with Crippen molar-refractivity contribution in [2.45, 2.75) is 6.54 Å². The zero-order chi connectivity index (χ0) is 24.2. The van der Waals surface area contributed by atoms with Crippen LogP contribution in [0.25, 0.3) is 0 Å². The lowest BCUT2D eigenvalue weighted by Gasteiger charge is -2.21. The van der Waals surface area contributed by atoms with Gasteiger partial charge in [0.1, 0.15) is 11.5 Å². The second kappa shape index (κ2) is 9.40. The smallest absolute Gasteiger partial charge is 0.330 e. The minimum atomic E-state index is -0.770. The number of imide groups is 1. The van der Waals surface area contributed by atoms with Gasteiger partial charge in [-0.2, -0.15) is 0 Å². The van der Waals surface area contributed by atoms with Crippen LogP contribution in [0.5, 0.6) is 11.5 Å². The molecule has 0 aliphatic carbocycles. The molecule has 1 aliphatic heterocycles. The molecule has 3 amide bonds. The number of nitrogens with two attached hydrogens (primary N) is 1. The maximum atomic E-state index is 12.4. The average molecular weight is 466 g/mol. The molecule has 0 bridgehead atoms. The van der Waals surface area contributed by atoms with Crippen LogP contribution in [0.15, 0.2) is 58.1 Å². The number of hydrogen-bond acceptors (Lipinski definition) is 8. The first kappa shape index (κ1) is 22.5. The van der Waals surface area contributed by atoms with Crippen molar-refractivity contribution in [3.05, 3.63) is 74.9 Å². The molecule has 176 valence electrons. The molecule has 34 heavy (non-hydrogen) atoms. The summed E-state index contributed by atoms with van der Waals surface area (Å²) in [4.78, 5) is 52.8. The number of nitrogens with one attached hydrogen (secondary N) is 3. The molecule has 2 heterocycles. The van der Waals surface area contributed by atoms with E-state index in [4.69, 9.17) is 15.2 Å². The maximum Gasteiger partial charge on any atom is 0.330 e. The SMILES string of the molecule is CN(CC(=O)NC(=O)Nc1ccc2c(c1)OCO2)c1c(N)n(Cc2ccccc2)c(=O)[nH]c1=O. The first-order valence-electron chi connectivity index (χ1n) is 10.2. The van der Waals surface area contributed by atoms with Gasteiger partial charge in [0.25, 0.3) is 5.56 Å². The average Bonchev–Trinajstić information content (AvgIpc) is 3.25. The number of nitrogens with zero attached hydrogens (tertiary/aromatic N) is 2. The fourth-order valence-corrected chi connectivity index (χ4v) is 3.47. The Morgan fingerprint density at radius 3 is 2.62 bits per heavy atom. The van der Waals surface area contributed by atoms with Crippen LogP contribution in [-0.2, 0) is 11.3 Å². The third-order valence-electron chi connectivity index (χ3n) is 5.04. The summed E-state index contributed by atoms with van der Waals surface area (Å²) in [6.45, 7) is -0.143. The highest BCUT2D eigenvalue weighted by molar-refractivity contribution is 6.02. The first-order valence-corrected chi connectivity index (χ1v) is 10.2. The third-order valence-corrected chi connectivity index (χ3v) is 5.04. The number of urea groups is 1. The number of H-pyrrole nitrogens is 1. The van der Waals surface area contributed by atoms with E-state index in [0.717, 1.165) is 5.56 Å². The van der Waals surface area contributed by atoms with E-state index < -0.39 is 23.2 Å². The van der Waals surface area contributed by atoms with E-state index in [2.05, 4.69) is 15.6 Å². The summed E-state index contributed by atoms with van der Waals surface area (Å²) in [6.07, 6.45) is 0. The van der Waals surface area contributed by atoms with Crippen LogP contribution >= 0.6 is 0 Å². The zero-order valence-electron chi connectivity index (χ0n) is 18.2. The molecular weight excluding hydrogens is 444 g/mol. The number of nitrogen functional groups attached to an aromatic ring is 1. The molecule has 12 nitrogen and oxygen atoms in total. The number of fused-ring (bicyclic) bond motifs is 1. The standard InChI is InChI=1S/C22H22N6O6/c1-27(11-17(29)25-21(31)24-14-7-8-15-16(9-14)34-12-33-15)18-19(23)28(22(32)26-20(18)30)10-13-5-3-2-4-6-13/h2-9H,10-12,23H2,1H3,(H,26,30,32)(H2,24,25,29,31). The highest BCUT2D eigenvalue weighted by atomic mass is 16.7. The molecule has 0 atom stereocenters. The van der Waals surface area contributed by atoms with Gasteiger partial charge in [-0.15, -0.1) is 0 Å². The van der Waals surface area contributed by atoms with Crippen molar-refractivity contribution in [1.29, 1.82) is 0 Å². The fourth-order valence-electron chi connectivity index (χ4n) is 3.47. The Labute approximate surface area is 192 Å². The number of aromatic nitrogens is 2. The van der Waals surface area contributed by atoms with Crippen molar-refractivity contribution in [2.75, 3.05) is 36.3 Å². The van der Waals surface area contributed by atoms with Crippen LogP contribution < -0.4 is 42.0 Å². The summed E-state index contributed by atoms with van der Waals surface area (Å²) in [5, 5.41) is 4.70. The molecule has 4 rings (SSSR count). The van der Waals surface area contributed by atoms with Gasteiger partial charge in [0.2, 0.25) is 12.7 Å². The number of benzene rings is 2. The van der Waals surface area contributed by atoms with Gasteiger partial charge >= 0.3 is 11.7 Å². The second-order valence-corrected chi connectivity index (χ2v) is 7.49. The molecule has 12 heteroatoms. The number of aromatic amines is 1. The van der Waals surface area contributed by atoms with Crippen LogP contribution in [0.1, 0.15) is 5.56 Å². The van der Waals surface area contributed by atoms with E-state index in [0.29, 0.717) is 17.2 Å². The van der Waals surface area contributed by atoms with Crippen molar-refractivity contribution in [2.24, 2.45) is 0 Å². The van der Waals surface area contributed by atoms with Crippen LogP contribution in [-0.4, -0.2) is 41.9 Å². The van der Waals surface area contributed by atoms with Gasteiger partial charge in [0, 0.05) is 18.8 Å². The molecule has 0 fully saturated rings. The lowest BCUT2D eigenvalue weighted by molar-refractivity contribution is -0.118.